The van der Waals surface area contributed by atoms with Gasteiger partial charge in [0.15, 0.2) is 0 Å². The van der Waals surface area contributed by atoms with Crippen molar-refractivity contribution in [1.29, 1.82) is 0 Å². The van der Waals surface area contributed by atoms with Gasteiger partial charge in [0, 0.05) is 19.2 Å². The summed E-state index contributed by atoms with van der Waals surface area (Å²) in [6.45, 7) is 4.73. The van der Waals surface area contributed by atoms with E-state index in [0.717, 1.165) is 17.0 Å². The van der Waals surface area contributed by atoms with Crippen LogP contribution in [0.2, 0.25) is 0 Å². The second kappa shape index (κ2) is 7.76. The number of halogens is 1. The van der Waals surface area contributed by atoms with Crippen molar-refractivity contribution in [2.45, 2.75) is 26.7 Å². The van der Waals surface area contributed by atoms with Crippen molar-refractivity contribution in [1.82, 2.24) is 15.1 Å². The predicted molar refractivity (Wildman–Crippen MR) is 85.9 cm³/mol. The number of carbonyl (C=O) groups is 1. The van der Waals surface area contributed by atoms with Crippen molar-refractivity contribution in [2.24, 2.45) is 7.05 Å². The van der Waals surface area contributed by atoms with Crippen molar-refractivity contribution in [3.8, 4) is 5.75 Å². The Morgan fingerprint density at radius 3 is 2.61 bits per heavy atom. The lowest BCUT2D eigenvalue weighted by molar-refractivity contribution is -0.121. The maximum atomic E-state index is 12.7. The molecular formula is C17H22FN3O2. The van der Waals surface area contributed by atoms with Crippen LogP contribution < -0.4 is 10.1 Å². The van der Waals surface area contributed by atoms with Gasteiger partial charge in [-0.2, -0.15) is 5.10 Å². The van der Waals surface area contributed by atoms with Gasteiger partial charge in [-0.1, -0.05) is 0 Å². The van der Waals surface area contributed by atoms with E-state index in [0.29, 0.717) is 31.7 Å². The fourth-order valence-corrected chi connectivity index (χ4v) is 2.40. The first kappa shape index (κ1) is 17.0. The van der Waals surface area contributed by atoms with Crippen molar-refractivity contribution < 1.29 is 13.9 Å². The number of hydrogen-bond donors (Lipinski definition) is 1. The van der Waals surface area contributed by atoms with Gasteiger partial charge >= 0.3 is 0 Å². The highest BCUT2D eigenvalue weighted by molar-refractivity contribution is 5.76. The molecule has 0 spiro atoms. The molecule has 2 rings (SSSR count). The van der Waals surface area contributed by atoms with Gasteiger partial charge in [0.1, 0.15) is 18.2 Å². The molecule has 5 nitrogen and oxygen atoms in total. The van der Waals surface area contributed by atoms with Gasteiger partial charge in [0.2, 0.25) is 5.91 Å². The number of rotatable bonds is 7. The van der Waals surface area contributed by atoms with Gasteiger partial charge < -0.3 is 10.1 Å². The fourth-order valence-electron chi connectivity index (χ4n) is 2.40. The molecule has 0 aliphatic heterocycles. The summed E-state index contributed by atoms with van der Waals surface area (Å²) < 4.78 is 20.0. The van der Waals surface area contributed by atoms with E-state index < -0.39 is 0 Å². The zero-order valence-electron chi connectivity index (χ0n) is 13.7. The quantitative estimate of drug-likeness (QED) is 0.797. The highest BCUT2D eigenvalue weighted by atomic mass is 19.1. The third-order valence-electron chi connectivity index (χ3n) is 3.77. The van der Waals surface area contributed by atoms with Gasteiger partial charge in [-0.15, -0.1) is 0 Å². The molecule has 0 atom stereocenters. The summed E-state index contributed by atoms with van der Waals surface area (Å²) in [5.41, 5.74) is 3.19. The monoisotopic (exact) mass is 319 g/mol. The predicted octanol–water partition coefficient (Wildman–Crippen LogP) is 2.30. The second-order valence-electron chi connectivity index (χ2n) is 5.43. The largest absolute Gasteiger partial charge is 0.492 e. The molecule has 0 aliphatic carbocycles. The van der Waals surface area contributed by atoms with Crippen LogP contribution in [0, 0.1) is 19.7 Å². The molecule has 0 bridgehead atoms. The number of aromatic nitrogens is 2. The summed E-state index contributed by atoms with van der Waals surface area (Å²) >= 11 is 0. The summed E-state index contributed by atoms with van der Waals surface area (Å²) in [5.74, 6) is 0.268. The zero-order chi connectivity index (χ0) is 16.8. The number of nitrogens with zero attached hydrogens (tertiary/aromatic N) is 2. The molecule has 1 amide bonds. The van der Waals surface area contributed by atoms with Gasteiger partial charge in [0.05, 0.1) is 12.2 Å². The highest BCUT2D eigenvalue weighted by Crippen LogP contribution is 2.14. The molecular weight excluding hydrogens is 297 g/mol. The van der Waals surface area contributed by atoms with Crippen LogP contribution in [0.5, 0.6) is 5.75 Å². The third-order valence-corrected chi connectivity index (χ3v) is 3.77. The minimum Gasteiger partial charge on any atom is -0.492 e. The van der Waals surface area contributed by atoms with Crippen molar-refractivity contribution in [3.63, 3.8) is 0 Å². The molecule has 0 fully saturated rings. The van der Waals surface area contributed by atoms with E-state index in [1.807, 2.05) is 25.6 Å². The molecule has 0 radical (unpaired) electrons. The van der Waals surface area contributed by atoms with Crippen LogP contribution in [0.3, 0.4) is 0 Å². The minimum atomic E-state index is -0.299. The molecule has 1 aromatic carbocycles. The molecule has 0 aliphatic rings. The van der Waals surface area contributed by atoms with E-state index in [2.05, 4.69) is 10.4 Å². The number of carbonyl (C=O) groups excluding carboxylic acids is 1. The smallest absolute Gasteiger partial charge is 0.220 e. The summed E-state index contributed by atoms with van der Waals surface area (Å²) in [4.78, 5) is 11.9. The summed E-state index contributed by atoms with van der Waals surface area (Å²) in [5, 5.41) is 7.16. The van der Waals surface area contributed by atoms with Crippen LogP contribution in [-0.2, 0) is 18.3 Å². The summed E-state index contributed by atoms with van der Waals surface area (Å²) in [7, 11) is 1.90. The van der Waals surface area contributed by atoms with Crippen molar-refractivity contribution in [3.05, 3.63) is 47.0 Å². The molecule has 1 aromatic heterocycles. The number of hydrogen-bond acceptors (Lipinski definition) is 3. The standard InChI is InChI=1S/C17H22FN3O2/c1-12-16(13(2)21(3)20-12)8-9-17(22)19-10-11-23-15-6-4-14(18)5-7-15/h4-7H,8-11H2,1-3H3,(H,19,22). The Labute approximate surface area is 135 Å². The maximum absolute atomic E-state index is 12.7. The molecule has 6 heteroatoms. The molecule has 0 saturated carbocycles. The lowest BCUT2D eigenvalue weighted by Crippen LogP contribution is -2.28. The average molecular weight is 319 g/mol. The zero-order valence-corrected chi connectivity index (χ0v) is 13.7. The number of aryl methyl sites for hydroxylation is 2. The van der Waals surface area contributed by atoms with Crippen LogP contribution in [0.15, 0.2) is 24.3 Å². The number of ether oxygens (including phenoxy) is 1. The molecule has 2 aromatic rings. The van der Waals surface area contributed by atoms with E-state index in [9.17, 15) is 9.18 Å². The van der Waals surface area contributed by atoms with Crippen LogP contribution >= 0.6 is 0 Å². The van der Waals surface area contributed by atoms with E-state index >= 15 is 0 Å². The van der Waals surface area contributed by atoms with Crippen LogP contribution in [0.25, 0.3) is 0 Å². The van der Waals surface area contributed by atoms with E-state index in [1.165, 1.54) is 12.1 Å². The van der Waals surface area contributed by atoms with Crippen LogP contribution in [0.4, 0.5) is 4.39 Å². The first-order chi connectivity index (χ1) is 11.0. The first-order valence-corrected chi connectivity index (χ1v) is 7.61. The highest BCUT2D eigenvalue weighted by Gasteiger charge is 2.11. The van der Waals surface area contributed by atoms with Crippen molar-refractivity contribution in [2.75, 3.05) is 13.2 Å². The Kier molecular flexibility index (Phi) is 5.73. The van der Waals surface area contributed by atoms with Gasteiger partial charge in [-0.05, 0) is 50.1 Å². The van der Waals surface area contributed by atoms with Crippen LogP contribution in [-0.4, -0.2) is 28.8 Å². The second-order valence-corrected chi connectivity index (χ2v) is 5.43. The summed E-state index contributed by atoms with van der Waals surface area (Å²) in [6, 6.07) is 5.80. The fraction of sp³-hybridized carbons (Fsp3) is 0.412. The normalized spacial score (nSPS) is 10.6. The molecule has 0 saturated heterocycles. The van der Waals surface area contributed by atoms with Gasteiger partial charge in [-0.3, -0.25) is 9.48 Å². The lowest BCUT2D eigenvalue weighted by atomic mass is 10.1. The average Bonchev–Trinajstić information content (AvgIpc) is 2.76. The van der Waals surface area contributed by atoms with Gasteiger partial charge in [-0.25, -0.2) is 4.39 Å². The molecule has 1 heterocycles. The Balaban J connectivity index is 1.68. The lowest BCUT2D eigenvalue weighted by Gasteiger charge is -2.08. The number of amides is 1. The van der Waals surface area contributed by atoms with E-state index in [1.54, 1.807) is 12.1 Å². The topological polar surface area (TPSA) is 56.2 Å². The minimum absolute atomic E-state index is 0.0182. The van der Waals surface area contributed by atoms with Crippen LogP contribution in [0.1, 0.15) is 23.4 Å². The molecule has 23 heavy (non-hydrogen) atoms. The first-order valence-electron chi connectivity index (χ1n) is 7.61. The van der Waals surface area contributed by atoms with E-state index in [4.69, 9.17) is 4.74 Å². The van der Waals surface area contributed by atoms with Gasteiger partial charge in [0.25, 0.3) is 0 Å². The number of nitrogens with one attached hydrogen (secondary N) is 1. The molecule has 124 valence electrons. The summed E-state index contributed by atoms with van der Waals surface area (Å²) in [6.07, 6.45) is 1.10. The van der Waals surface area contributed by atoms with Crippen molar-refractivity contribution >= 4 is 5.91 Å². The SMILES string of the molecule is Cc1nn(C)c(C)c1CCC(=O)NCCOc1ccc(F)cc1. The Hall–Kier alpha value is -2.37. The maximum Gasteiger partial charge on any atom is 0.220 e. The Morgan fingerprint density at radius 1 is 1.30 bits per heavy atom. The Bertz CT molecular complexity index is 665. The van der Waals surface area contributed by atoms with E-state index in [-0.39, 0.29) is 11.7 Å². The molecule has 0 unspecified atom stereocenters. The Morgan fingerprint density at radius 2 is 2.00 bits per heavy atom. The number of benzene rings is 1. The molecule has 1 N–H and O–H groups in total. The third kappa shape index (κ3) is 4.81.